The number of urea groups is 1. The standard InChI is InChI=1S/C20H16Cl2N2O2/c21-16-11-10-14(12-17(16)22)13-23-20(25)24-18-8-4-5-9-19(18)26-15-6-2-1-3-7-15/h1-12H,13H2,(H2,23,24,25). The van der Waals surface area contributed by atoms with Crippen molar-refractivity contribution in [1.29, 1.82) is 0 Å². The molecule has 2 amide bonds. The van der Waals surface area contributed by atoms with E-state index >= 15 is 0 Å². The van der Waals surface area contributed by atoms with Crippen molar-refractivity contribution >= 4 is 34.9 Å². The molecule has 0 aliphatic carbocycles. The molecule has 0 bridgehead atoms. The Kier molecular flexibility index (Phi) is 6.00. The van der Waals surface area contributed by atoms with Gasteiger partial charge in [0.25, 0.3) is 0 Å². The molecule has 0 atom stereocenters. The molecular formula is C20H16Cl2N2O2. The van der Waals surface area contributed by atoms with Crippen molar-refractivity contribution in [2.24, 2.45) is 0 Å². The van der Waals surface area contributed by atoms with Gasteiger partial charge < -0.3 is 15.4 Å². The molecule has 0 heterocycles. The van der Waals surface area contributed by atoms with E-state index in [9.17, 15) is 4.79 Å². The van der Waals surface area contributed by atoms with Gasteiger partial charge in [-0.25, -0.2) is 4.79 Å². The number of carbonyl (C=O) groups is 1. The zero-order valence-corrected chi connectivity index (χ0v) is 15.2. The highest BCUT2D eigenvalue weighted by Crippen LogP contribution is 2.29. The zero-order chi connectivity index (χ0) is 18.4. The number of halogens is 2. The van der Waals surface area contributed by atoms with Gasteiger partial charge in [-0.1, -0.05) is 59.6 Å². The molecule has 2 N–H and O–H groups in total. The lowest BCUT2D eigenvalue weighted by atomic mass is 10.2. The van der Waals surface area contributed by atoms with Crippen LogP contribution in [0.25, 0.3) is 0 Å². The number of amides is 2. The number of nitrogens with one attached hydrogen (secondary N) is 2. The van der Waals surface area contributed by atoms with Crippen LogP contribution in [-0.2, 0) is 6.54 Å². The van der Waals surface area contributed by atoms with Gasteiger partial charge in [-0.15, -0.1) is 0 Å². The lowest BCUT2D eigenvalue weighted by Crippen LogP contribution is -2.28. The number of benzene rings is 3. The fourth-order valence-corrected chi connectivity index (χ4v) is 2.59. The Morgan fingerprint density at radius 1 is 0.885 bits per heavy atom. The van der Waals surface area contributed by atoms with Crippen molar-refractivity contribution in [2.45, 2.75) is 6.54 Å². The molecule has 3 rings (SSSR count). The van der Waals surface area contributed by atoms with Crippen LogP contribution in [0.1, 0.15) is 5.56 Å². The summed E-state index contributed by atoms with van der Waals surface area (Å²) in [7, 11) is 0. The highest BCUT2D eigenvalue weighted by atomic mass is 35.5. The van der Waals surface area contributed by atoms with Crippen LogP contribution in [0, 0.1) is 0 Å². The quantitative estimate of drug-likeness (QED) is 0.555. The van der Waals surface area contributed by atoms with Crippen LogP contribution in [0.15, 0.2) is 72.8 Å². The minimum atomic E-state index is -0.347. The first-order valence-corrected chi connectivity index (χ1v) is 8.68. The van der Waals surface area contributed by atoms with Gasteiger partial charge in [0.2, 0.25) is 0 Å². The highest BCUT2D eigenvalue weighted by Gasteiger charge is 2.08. The highest BCUT2D eigenvalue weighted by molar-refractivity contribution is 6.42. The Bertz CT molecular complexity index is 901. The molecule has 0 saturated carbocycles. The Morgan fingerprint density at radius 2 is 1.62 bits per heavy atom. The molecule has 0 radical (unpaired) electrons. The predicted molar refractivity (Wildman–Crippen MR) is 105 cm³/mol. The van der Waals surface area contributed by atoms with Crippen molar-refractivity contribution in [3.8, 4) is 11.5 Å². The summed E-state index contributed by atoms with van der Waals surface area (Å²) in [5, 5.41) is 6.50. The Balaban J connectivity index is 1.63. The van der Waals surface area contributed by atoms with Gasteiger partial charge in [-0.05, 0) is 42.0 Å². The summed E-state index contributed by atoms with van der Waals surface area (Å²) < 4.78 is 5.83. The average molecular weight is 387 g/mol. The van der Waals surface area contributed by atoms with Crippen LogP contribution in [-0.4, -0.2) is 6.03 Å². The van der Waals surface area contributed by atoms with E-state index in [1.807, 2.05) is 42.5 Å². The van der Waals surface area contributed by atoms with E-state index in [0.717, 1.165) is 5.56 Å². The van der Waals surface area contributed by atoms with Gasteiger partial charge in [0, 0.05) is 6.54 Å². The maximum Gasteiger partial charge on any atom is 0.319 e. The molecule has 0 unspecified atom stereocenters. The van der Waals surface area contributed by atoms with Crippen molar-refractivity contribution < 1.29 is 9.53 Å². The SMILES string of the molecule is O=C(NCc1ccc(Cl)c(Cl)c1)Nc1ccccc1Oc1ccccc1. The van der Waals surface area contributed by atoms with E-state index in [0.29, 0.717) is 33.8 Å². The molecular weight excluding hydrogens is 371 g/mol. The van der Waals surface area contributed by atoms with E-state index in [-0.39, 0.29) is 6.03 Å². The Labute approximate surface area is 161 Å². The molecule has 0 saturated heterocycles. The van der Waals surface area contributed by atoms with Crippen molar-refractivity contribution in [1.82, 2.24) is 5.32 Å². The van der Waals surface area contributed by atoms with Crippen LogP contribution in [0.2, 0.25) is 10.0 Å². The maximum absolute atomic E-state index is 12.2. The summed E-state index contributed by atoms with van der Waals surface area (Å²) in [6.07, 6.45) is 0. The fourth-order valence-electron chi connectivity index (χ4n) is 2.27. The van der Waals surface area contributed by atoms with E-state index in [2.05, 4.69) is 10.6 Å². The molecule has 6 heteroatoms. The minimum Gasteiger partial charge on any atom is -0.455 e. The number of hydrogen-bond acceptors (Lipinski definition) is 2. The number of carbonyl (C=O) groups excluding carboxylic acids is 1. The van der Waals surface area contributed by atoms with E-state index in [4.69, 9.17) is 27.9 Å². The van der Waals surface area contributed by atoms with Gasteiger partial charge in [0.05, 0.1) is 15.7 Å². The van der Waals surface area contributed by atoms with Gasteiger partial charge in [0.15, 0.2) is 5.75 Å². The number of anilines is 1. The molecule has 4 nitrogen and oxygen atoms in total. The smallest absolute Gasteiger partial charge is 0.319 e. The van der Waals surface area contributed by atoms with Crippen LogP contribution < -0.4 is 15.4 Å². The van der Waals surface area contributed by atoms with Gasteiger partial charge in [-0.2, -0.15) is 0 Å². The monoisotopic (exact) mass is 386 g/mol. The molecule has 0 spiro atoms. The third-order valence-electron chi connectivity index (χ3n) is 3.54. The number of rotatable bonds is 5. The lowest BCUT2D eigenvalue weighted by molar-refractivity contribution is 0.251. The lowest BCUT2D eigenvalue weighted by Gasteiger charge is -2.13. The molecule has 132 valence electrons. The number of ether oxygens (including phenoxy) is 1. The van der Waals surface area contributed by atoms with Crippen LogP contribution in [0.3, 0.4) is 0 Å². The third-order valence-corrected chi connectivity index (χ3v) is 4.28. The summed E-state index contributed by atoms with van der Waals surface area (Å²) in [6.45, 7) is 0.324. The minimum absolute atomic E-state index is 0.324. The average Bonchev–Trinajstić information content (AvgIpc) is 2.65. The molecule has 3 aromatic carbocycles. The second-order valence-electron chi connectivity index (χ2n) is 5.47. The summed E-state index contributed by atoms with van der Waals surface area (Å²) in [4.78, 5) is 12.2. The van der Waals surface area contributed by atoms with E-state index in [1.54, 1.807) is 30.3 Å². The Hall–Kier alpha value is -2.69. The zero-order valence-electron chi connectivity index (χ0n) is 13.7. The maximum atomic E-state index is 12.2. The van der Waals surface area contributed by atoms with E-state index in [1.165, 1.54) is 0 Å². The third kappa shape index (κ3) is 4.91. The number of para-hydroxylation sites is 3. The van der Waals surface area contributed by atoms with Gasteiger partial charge in [-0.3, -0.25) is 0 Å². The van der Waals surface area contributed by atoms with Gasteiger partial charge >= 0.3 is 6.03 Å². The van der Waals surface area contributed by atoms with Crippen LogP contribution in [0.4, 0.5) is 10.5 Å². The normalized spacial score (nSPS) is 10.2. The molecule has 0 aromatic heterocycles. The topological polar surface area (TPSA) is 50.4 Å². The fraction of sp³-hybridized carbons (Fsp3) is 0.0500. The summed E-state index contributed by atoms with van der Waals surface area (Å²) in [5.41, 5.74) is 1.42. The molecule has 0 aliphatic rings. The second-order valence-corrected chi connectivity index (χ2v) is 6.28. The van der Waals surface area contributed by atoms with Gasteiger partial charge in [0.1, 0.15) is 5.75 Å². The predicted octanol–water partition coefficient (Wildman–Crippen LogP) is 6.11. The molecule has 3 aromatic rings. The first-order chi connectivity index (χ1) is 12.6. The van der Waals surface area contributed by atoms with Crippen molar-refractivity contribution in [2.75, 3.05) is 5.32 Å². The van der Waals surface area contributed by atoms with Crippen molar-refractivity contribution in [3.05, 3.63) is 88.4 Å². The molecule has 0 aliphatic heterocycles. The summed E-state index contributed by atoms with van der Waals surface area (Å²) >= 11 is 11.9. The van der Waals surface area contributed by atoms with Crippen LogP contribution >= 0.6 is 23.2 Å². The first kappa shape index (κ1) is 18.1. The summed E-state index contributed by atoms with van der Waals surface area (Å²) in [5.74, 6) is 1.25. The van der Waals surface area contributed by atoms with E-state index < -0.39 is 0 Å². The van der Waals surface area contributed by atoms with Crippen LogP contribution in [0.5, 0.6) is 11.5 Å². The Morgan fingerprint density at radius 3 is 2.38 bits per heavy atom. The second kappa shape index (κ2) is 8.61. The largest absolute Gasteiger partial charge is 0.455 e. The molecule has 26 heavy (non-hydrogen) atoms. The summed E-state index contributed by atoms with van der Waals surface area (Å²) in [6, 6.07) is 21.5. The first-order valence-electron chi connectivity index (χ1n) is 7.92. The number of hydrogen-bond donors (Lipinski definition) is 2. The molecule has 0 fully saturated rings. The van der Waals surface area contributed by atoms with Crippen molar-refractivity contribution in [3.63, 3.8) is 0 Å².